The van der Waals surface area contributed by atoms with Crippen LogP contribution in [0.15, 0.2) is 51.7 Å². The summed E-state index contributed by atoms with van der Waals surface area (Å²) in [5, 5.41) is 2.62. The van der Waals surface area contributed by atoms with Gasteiger partial charge in [-0.15, -0.1) is 0 Å². The molecule has 0 unspecified atom stereocenters. The van der Waals surface area contributed by atoms with Gasteiger partial charge < -0.3 is 14.5 Å². The smallest absolute Gasteiger partial charge is 0.419 e. The zero-order chi connectivity index (χ0) is 16.4. The molecule has 0 saturated carbocycles. The Kier molecular flexibility index (Phi) is 3.84. The lowest BCUT2D eigenvalue weighted by atomic mass is 10.3. The molecule has 1 aromatic heterocycles. The van der Waals surface area contributed by atoms with Crippen LogP contribution < -0.4 is 15.8 Å². The first-order chi connectivity index (χ1) is 11.0. The minimum Gasteiger partial charge on any atom is -0.484 e. The largest absolute Gasteiger partial charge is 0.484 e. The molecule has 1 heterocycles. The molecule has 3 aromatic rings. The number of fused-ring (bicyclic) bond motifs is 1. The Balaban J connectivity index is 1.67. The number of oxazole rings is 1. The number of carbonyl (C=O) groups excluding carboxylic acids is 1. The molecule has 0 atom stereocenters. The SMILES string of the molecule is Cn1c(=O)oc2cc(NC(=O)COc3cccc(F)c3)ccc21. The molecule has 2 aromatic carbocycles. The number of hydrogen-bond donors (Lipinski definition) is 1. The van der Waals surface area contributed by atoms with Crippen LogP contribution in [0.2, 0.25) is 0 Å². The second-order valence-corrected chi connectivity index (χ2v) is 4.90. The second-order valence-electron chi connectivity index (χ2n) is 4.90. The number of anilines is 1. The van der Waals surface area contributed by atoms with E-state index < -0.39 is 17.5 Å². The molecule has 118 valence electrons. The highest BCUT2D eigenvalue weighted by atomic mass is 19.1. The molecular formula is C16H13FN2O4. The van der Waals surface area contributed by atoms with E-state index in [2.05, 4.69) is 5.32 Å². The Morgan fingerprint density at radius 1 is 1.30 bits per heavy atom. The number of benzene rings is 2. The van der Waals surface area contributed by atoms with Crippen molar-refractivity contribution in [1.29, 1.82) is 0 Å². The Bertz CT molecular complexity index is 929. The average Bonchev–Trinajstić information content (AvgIpc) is 2.80. The van der Waals surface area contributed by atoms with Gasteiger partial charge in [-0.3, -0.25) is 9.36 Å². The van der Waals surface area contributed by atoms with E-state index in [1.807, 2.05) is 0 Å². The summed E-state index contributed by atoms with van der Waals surface area (Å²) < 4.78 is 24.6. The van der Waals surface area contributed by atoms with Crippen molar-refractivity contribution in [2.45, 2.75) is 0 Å². The number of aryl methyl sites for hydroxylation is 1. The predicted octanol–water partition coefficient (Wildman–Crippen LogP) is 2.29. The fourth-order valence-corrected chi connectivity index (χ4v) is 2.11. The minimum atomic E-state index is -0.474. The van der Waals surface area contributed by atoms with Crippen LogP contribution >= 0.6 is 0 Å². The fraction of sp³-hybridized carbons (Fsp3) is 0.125. The van der Waals surface area contributed by atoms with Gasteiger partial charge >= 0.3 is 5.76 Å². The maximum Gasteiger partial charge on any atom is 0.419 e. The van der Waals surface area contributed by atoms with Crippen LogP contribution in [0.4, 0.5) is 10.1 Å². The van der Waals surface area contributed by atoms with Crippen LogP contribution in [0, 0.1) is 5.82 Å². The normalized spacial score (nSPS) is 10.7. The van der Waals surface area contributed by atoms with Gasteiger partial charge in [0.2, 0.25) is 0 Å². The topological polar surface area (TPSA) is 73.5 Å². The van der Waals surface area contributed by atoms with Crippen LogP contribution in [0.25, 0.3) is 11.1 Å². The number of halogens is 1. The maximum atomic E-state index is 13.0. The van der Waals surface area contributed by atoms with Crippen LogP contribution in [0.1, 0.15) is 0 Å². The van der Waals surface area contributed by atoms with E-state index >= 15 is 0 Å². The molecule has 23 heavy (non-hydrogen) atoms. The Morgan fingerprint density at radius 2 is 2.13 bits per heavy atom. The van der Waals surface area contributed by atoms with Crippen LogP contribution in [-0.2, 0) is 11.8 Å². The molecular weight excluding hydrogens is 303 g/mol. The summed E-state index contributed by atoms with van der Waals surface area (Å²) in [6, 6.07) is 10.4. The number of amides is 1. The lowest BCUT2D eigenvalue weighted by Crippen LogP contribution is -2.20. The van der Waals surface area contributed by atoms with Gasteiger partial charge in [0, 0.05) is 24.9 Å². The average molecular weight is 316 g/mol. The zero-order valence-corrected chi connectivity index (χ0v) is 12.2. The number of hydrogen-bond acceptors (Lipinski definition) is 4. The Hall–Kier alpha value is -3.09. The summed E-state index contributed by atoms with van der Waals surface area (Å²) in [5.74, 6) is -1.05. The lowest BCUT2D eigenvalue weighted by molar-refractivity contribution is -0.118. The summed E-state index contributed by atoms with van der Waals surface area (Å²) in [7, 11) is 1.60. The lowest BCUT2D eigenvalue weighted by Gasteiger charge is -2.07. The molecule has 3 rings (SSSR count). The van der Waals surface area contributed by atoms with Crippen molar-refractivity contribution in [2.24, 2.45) is 7.05 Å². The molecule has 0 radical (unpaired) electrons. The van der Waals surface area contributed by atoms with Gasteiger partial charge in [0.25, 0.3) is 5.91 Å². The number of aromatic nitrogens is 1. The highest BCUT2D eigenvalue weighted by Crippen LogP contribution is 2.18. The summed E-state index contributed by atoms with van der Waals surface area (Å²) in [6.45, 7) is -0.264. The van der Waals surface area contributed by atoms with Crippen LogP contribution in [0.5, 0.6) is 5.75 Å². The van der Waals surface area contributed by atoms with Gasteiger partial charge in [-0.1, -0.05) is 6.07 Å². The number of nitrogens with one attached hydrogen (secondary N) is 1. The third-order valence-corrected chi connectivity index (χ3v) is 3.24. The van der Waals surface area contributed by atoms with Crippen LogP contribution in [-0.4, -0.2) is 17.1 Å². The van der Waals surface area contributed by atoms with Gasteiger partial charge in [-0.05, 0) is 24.3 Å². The van der Waals surface area contributed by atoms with Crippen molar-refractivity contribution >= 4 is 22.7 Å². The fourth-order valence-electron chi connectivity index (χ4n) is 2.11. The highest BCUT2D eigenvalue weighted by Gasteiger charge is 2.09. The van der Waals surface area contributed by atoms with E-state index in [-0.39, 0.29) is 12.4 Å². The first-order valence-electron chi connectivity index (χ1n) is 6.81. The summed E-state index contributed by atoms with van der Waals surface area (Å²) >= 11 is 0. The number of nitrogens with zero attached hydrogens (tertiary/aromatic N) is 1. The standard InChI is InChI=1S/C16H13FN2O4/c1-19-13-6-5-11(8-14(13)23-16(19)21)18-15(20)9-22-12-4-2-3-10(17)7-12/h2-8H,9H2,1H3,(H,18,20). The molecule has 0 bridgehead atoms. The molecule has 1 N–H and O–H groups in total. The maximum absolute atomic E-state index is 13.0. The Labute approximate surface area is 130 Å². The predicted molar refractivity (Wildman–Crippen MR) is 82.0 cm³/mol. The molecule has 7 heteroatoms. The van der Waals surface area contributed by atoms with Gasteiger partial charge in [-0.25, -0.2) is 9.18 Å². The van der Waals surface area contributed by atoms with E-state index in [1.165, 1.54) is 22.8 Å². The van der Waals surface area contributed by atoms with Crippen molar-refractivity contribution in [3.05, 3.63) is 58.8 Å². The highest BCUT2D eigenvalue weighted by molar-refractivity contribution is 5.93. The third-order valence-electron chi connectivity index (χ3n) is 3.24. The molecule has 0 spiro atoms. The molecule has 6 nitrogen and oxygen atoms in total. The van der Waals surface area contributed by atoms with Crippen molar-refractivity contribution < 1.29 is 18.3 Å². The van der Waals surface area contributed by atoms with Crippen molar-refractivity contribution in [3.8, 4) is 5.75 Å². The van der Waals surface area contributed by atoms with Gasteiger partial charge in [0.1, 0.15) is 11.6 Å². The van der Waals surface area contributed by atoms with Crippen LogP contribution in [0.3, 0.4) is 0 Å². The molecule has 0 aliphatic heterocycles. The first-order valence-corrected chi connectivity index (χ1v) is 6.81. The second kappa shape index (κ2) is 5.96. The van der Waals surface area contributed by atoms with E-state index in [0.717, 1.165) is 0 Å². The van der Waals surface area contributed by atoms with E-state index in [9.17, 15) is 14.0 Å². The van der Waals surface area contributed by atoms with Crippen molar-refractivity contribution in [2.75, 3.05) is 11.9 Å². The molecule has 1 amide bonds. The van der Waals surface area contributed by atoms with Crippen molar-refractivity contribution in [1.82, 2.24) is 4.57 Å². The van der Waals surface area contributed by atoms with Gasteiger partial charge in [-0.2, -0.15) is 0 Å². The first kappa shape index (κ1) is 14.8. The number of carbonyl (C=O) groups is 1. The van der Waals surface area contributed by atoms with E-state index in [0.29, 0.717) is 16.8 Å². The quantitative estimate of drug-likeness (QED) is 0.801. The number of rotatable bonds is 4. The van der Waals surface area contributed by atoms with Gasteiger partial charge in [0.15, 0.2) is 12.2 Å². The summed E-state index contributed by atoms with van der Waals surface area (Å²) in [4.78, 5) is 23.3. The van der Waals surface area contributed by atoms with E-state index in [4.69, 9.17) is 9.15 Å². The summed E-state index contributed by atoms with van der Waals surface area (Å²) in [5.41, 5.74) is 1.48. The van der Waals surface area contributed by atoms with Crippen molar-refractivity contribution in [3.63, 3.8) is 0 Å². The monoisotopic (exact) mass is 316 g/mol. The van der Waals surface area contributed by atoms with E-state index in [1.54, 1.807) is 31.3 Å². The summed E-state index contributed by atoms with van der Waals surface area (Å²) in [6.07, 6.45) is 0. The third kappa shape index (κ3) is 3.23. The minimum absolute atomic E-state index is 0.264. The van der Waals surface area contributed by atoms with Gasteiger partial charge in [0.05, 0.1) is 5.52 Å². The molecule has 0 saturated heterocycles. The Morgan fingerprint density at radius 3 is 2.91 bits per heavy atom. The number of ether oxygens (including phenoxy) is 1. The zero-order valence-electron chi connectivity index (χ0n) is 12.2. The molecule has 0 aliphatic rings. The molecule has 0 aliphatic carbocycles. The molecule has 0 fully saturated rings.